The minimum Gasteiger partial charge on any atom is -0.392 e. The van der Waals surface area contributed by atoms with E-state index in [1.54, 1.807) is 0 Å². The Morgan fingerprint density at radius 2 is 2.18 bits per heavy atom. The molecule has 2 saturated carbocycles. The molecular formula is C20H26O2. The summed E-state index contributed by atoms with van der Waals surface area (Å²) in [7, 11) is 0. The van der Waals surface area contributed by atoms with Crippen molar-refractivity contribution >= 4 is 6.29 Å². The third-order valence-corrected chi connectivity index (χ3v) is 7.25. The molecule has 2 fully saturated rings. The lowest BCUT2D eigenvalue weighted by Crippen LogP contribution is -2.45. The summed E-state index contributed by atoms with van der Waals surface area (Å²) in [6.45, 7) is 2.51. The molecule has 0 amide bonds. The van der Waals surface area contributed by atoms with Crippen molar-refractivity contribution in [3.63, 3.8) is 0 Å². The third kappa shape index (κ3) is 1.93. The number of hydrogen-bond acceptors (Lipinski definition) is 2. The van der Waals surface area contributed by atoms with Crippen LogP contribution in [0, 0.1) is 35.0 Å². The lowest BCUT2D eigenvalue weighted by atomic mass is 9.53. The standard InChI is InChI=1S/C20H26O2/c1-20-9-8-17-16-5-2-13(11-21)10-14(16)3-6-18(17)19(20)7-4-15(20)12-22/h2-3,5,10,12,15-19,21H,4,6-9,11H2,1H3/t15-,16+,17-,18-,19+,20-/m1/s1. The van der Waals surface area contributed by atoms with E-state index in [4.69, 9.17) is 0 Å². The number of carbonyl (C=O) groups excluding carboxylic acids is 1. The molecule has 0 heterocycles. The van der Waals surface area contributed by atoms with Gasteiger partial charge in [0.05, 0.1) is 6.61 Å². The van der Waals surface area contributed by atoms with E-state index < -0.39 is 0 Å². The number of carbonyl (C=O) groups is 1. The molecule has 118 valence electrons. The normalized spacial score (nSPS) is 46.2. The Balaban J connectivity index is 1.64. The highest BCUT2D eigenvalue weighted by atomic mass is 16.3. The van der Waals surface area contributed by atoms with Crippen molar-refractivity contribution in [2.75, 3.05) is 6.61 Å². The fraction of sp³-hybridized carbons (Fsp3) is 0.650. The molecule has 0 aromatic heterocycles. The van der Waals surface area contributed by atoms with Gasteiger partial charge >= 0.3 is 0 Å². The molecule has 1 N–H and O–H groups in total. The highest BCUT2D eigenvalue weighted by molar-refractivity contribution is 5.56. The van der Waals surface area contributed by atoms with Gasteiger partial charge in [0.25, 0.3) is 0 Å². The van der Waals surface area contributed by atoms with E-state index in [-0.39, 0.29) is 17.9 Å². The Labute approximate surface area is 133 Å². The molecule has 0 aliphatic heterocycles. The van der Waals surface area contributed by atoms with Gasteiger partial charge in [0, 0.05) is 11.8 Å². The van der Waals surface area contributed by atoms with Crippen LogP contribution in [-0.4, -0.2) is 18.0 Å². The molecular weight excluding hydrogens is 272 g/mol. The van der Waals surface area contributed by atoms with Gasteiger partial charge < -0.3 is 9.90 Å². The fourth-order valence-corrected chi connectivity index (χ4v) is 6.02. The van der Waals surface area contributed by atoms with Gasteiger partial charge in [-0.1, -0.05) is 31.2 Å². The maximum Gasteiger partial charge on any atom is 0.123 e. The first-order valence-corrected chi connectivity index (χ1v) is 8.82. The molecule has 4 aliphatic rings. The van der Waals surface area contributed by atoms with Crippen LogP contribution in [0.5, 0.6) is 0 Å². The van der Waals surface area contributed by atoms with Gasteiger partial charge in [-0.15, -0.1) is 0 Å². The van der Waals surface area contributed by atoms with Gasteiger partial charge in [-0.2, -0.15) is 0 Å². The first-order chi connectivity index (χ1) is 10.7. The van der Waals surface area contributed by atoms with Crippen LogP contribution < -0.4 is 0 Å². The van der Waals surface area contributed by atoms with Gasteiger partial charge in [-0.3, -0.25) is 0 Å². The number of rotatable bonds is 2. The summed E-state index contributed by atoms with van der Waals surface area (Å²) in [6.07, 6.45) is 16.2. The number of aldehydes is 1. The molecule has 0 spiro atoms. The average molecular weight is 298 g/mol. The quantitative estimate of drug-likeness (QED) is 0.790. The zero-order valence-corrected chi connectivity index (χ0v) is 13.4. The van der Waals surface area contributed by atoms with Gasteiger partial charge in [0.1, 0.15) is 6.29 Å². The van der Waals surface area contributed by atoms with Crippen LogP contribution in [0.1, 0.15) is 39.0 Å². The maximum atomic E-state index is 11.5. The lowest BCUT2D eigenvalue weighted by molar-refractivity contribution is -0.116. The minimum absolute atomic E-state index is 0.135. The molecule has 6 atom stereocenters. The van der Waals surface area contributed by atoms with Crippen LogP contribution in [0.2, 0.25) is 0 Å². The molecule has 22 heavy (non-hydrogen) atoms. The van der Waals surface area contributed by atoms with Crippen molar-refractivity contribution < 1.29 is 9.90 Å². The minimum atomic E-state index is 0.135. The van der Waals surface area contributed by atoms with Crippen molar-refractivity contribution in [3.05, 3.63) is 35.5 Å². The molecule has 4 rings (SSSR count). The highest BCUT2D eigenvalue weighted by Gasteiger charge is 2.55. The van der Waals surface area contributed by atoms with E-state index in [1.807, 2.05) is 0 Å². The first kappa shape index (κ1) is 14.4. The first-order valence-electron chi connectivity index (χ1n) is 8.82. The summed E-state index contributed by atoms with van der Waals surface area (Å²) in [5, 5.41) is 9.35. The second kappa shape index (κ2) is 5.19. The molecule has 0 radical (unpaired) electrons. The summed E-state index contributed by atoms with van der Waals surface area (Å²) in [6, 6.07) is 0. The Kier molecular flexibility index (Phi) is 3.41. The fourth-order valence-electron chi connectivity index (χ4n) is 6.02. The summed E-state index contributed by atoms with van der Waals surface area (Å²) in [5.41, 5.74) is 2.70. The number of fused-ring (bicyclic) bond motifs is 5. The maximum absolute atomic E-state index is 11.5. The summed E-state index contributed by atoms with van der Waals surface area (Å²) in [5.74, 6) is 3.01. The monoisotopic (exact) mass is 298 g/mol. The molecule has 0 aromatic carbocycles. The number of aliphatic hydroxyl groups excluding tert-OH is 1. The smallest absolute Gasteiger partial charge is 0.123 e. The second-order valence-electron chi connectivity index (χ2n) is 8.00. The third-order valence-electron chi connectivity index (χ3n) is 7.25. The van der Waals surface area contributed by atoms with E-state index in [0.717, 1.165) is 36.2 Å². The van der Waals surface area contributed by atoms with Crippen molar-refractivity contribution in [2.45, 2.75) is 39.0 Å². The van der Waals surface area contributed by atoms with Crippen LogP contribution in [-0.2, 0) is 4.79 Å². The molecule has 0 aromatic rings. The highest BCUT2D eigenvalue weighted by Crippen LogP contribution is 2.62. The molecule has 2 nitrogen and oxygen atoms in total. The largest absolute Gasteiger partial charge is 0.392 e. The predicted molar refractivity (Wildman–Crippen MR) is 87.1 cm³/mol. The molecule has 0 bridgehead atoms. The number of allylic oxidation sites excluding steroid dienone is 4. The van der Waals surface area contributed by atoms with Crippen molar-refractivity contribution in [2.24, 2.45) is 35.0 Å². The van der Waals surface area contributed by atoms with Gasteiger partial charge in [-0.05, 0) is 66.4 Å². The van der Waals surface area contributed by atoms with E-state index in [9.17, 15) is 9.90 Å². The lowest BCUT2D eigenvalue weighted by Gasteiger charge is -2.51. The Bertz CT molecular complexity index is 570. The number of hydrogen-bond donors (Lipinski definition) is 1. The summed E-state index contributed by atoms with van der Waals surface area (Å²) < 4.78 is 0. The van der Waals surface area contributed by atoms with Gasteiger partial charge in [0.15, 0.2) is 0 Å². The SMILES string of the molecule is C[C@]12CC[C@H]3[C@@H](CC=C4C=C(CO)C=C[C@@H]43)[C@@H]1CC[C@@H]2C=O. The topological polar surface area (TPSA) is 37.3 Å². The van der Waals surface area contributed by atoms with Gasteiger partial charge in [0.2, 0.25) is 0 Å². The van der Waals surface area contributed by atoms with Crippen molar-refractivity contribution in [1.29, 1.82) is 0 Å². The van der Waals surface area contributed by atoms with Crippen LogP contribution in [0.25, 0.3) is 0 Å². The van der Waals surface area contributed by atoms with Crippen molar-refractivity contribution in [3.8, 4) is 0 Å². The van der Waals surface area contributed by atoms with Crippen molar-refractivity contribution in [1.82, 2.24) is 0 Å². The van der Waals surface area contributed by atoms with Gasteiger partial charge in [-0.25, -0.2) is 0 Å². The van der Waals surface area contributed by atoms with E-state index in [1.165, 1.54) is 31.1 Å². The Morgan fingerprint density at radius 3 is 2.95 bits per heavy atom. The summed E-state index contributed by atoms with van der Waals surface area (Å²) in [4.78, 5) is 11.5. The van der Waals surface area contributed by atoms with E-state index in [2.05, 4.69) is 31.2 Å². The average Bonchev–Trinajstić information content (AvgIpc) is 2.90. The zero-order chi connectivity index (χ0) is 15.3. The molecule has 0 unspecified atom stereocenters. The Hall–Kier alpha value is -1.15. The number of aliphatic hydroxyl groups is 1. The zero-order valence-electron chi connectivity index (χ0n) is 13.4. The second-order valence-corrected chi connectivity index (χ2v) is 8.00. The van der Waals surface area contributed by atoms with Crippen LogP contribution >= 0.6 is 0 Å². The predicted octanol–water partition coefficient (Wildman–Crippen LogP) is 3.68. The van der Waals surface area contributed by atoms with Crippen LogP contribution in [0.3, 0.4) is 0 Å². The van der Waals surface area contributed by atoms with E-state index >= 15 is 0 Å². The van der Waals surface area contributed by atoms with E-state index in [0.29, 0.717) is 5.92 Å². The summed E-state index contributed by atoms with van der Waals surface area (Å²) >= 11 is 0. The molecule has 2 heteroatoms. The van der Waals surface area contributed by atoms with Crippen LogP contribution in [0.15, 0.2) is 35.5 Å². The van der Waals surface area contributed by atoms with Crippen LogP contribution in [0.4, 0.5) is 0 Å². The Morgan fingerprint density at radius 1 is 1.32 bits per heavy atom. The molecule has 0 saturated heterocycles. The molecule has 4 aliphatic carbocycles.